The predicted molar refractivity (Wildman–Crippen MR) is 95.8 cm³/mol. The number of hydrogen-bond donors (Lipinski definition) is 0. The van der Waals surface area contributed by atoms with Crippen molar-refractivity contribution in [2.45, 2.75) is 32.0 Å². The fourth-order valence-corrected chi connectivity index (χ4v) is 4.36. The molecule has 1 aliphatic heterocycles. The lowest BCUT2D eigenvalue weighted by molar-refractivity contribution is -0.134. The van der Waals surface area contributed by atoms with Crippen molar-refractivity contribution in [3.8, 4) is 0 Å². The van der Waals surface area contributed by atoms with E-state index < -0.39 is 11.1 Å². The summed E-state index contributed by atoms with van der Waals surface area (Å²) in [6.45, 7) is 3.68. The van der Waals surface area contributed by atoms with E-state index in [2.05, 4.69) is 9.97 Å². The molecule has 0 radical (unpaired) electrons. The highest BCUT2D eigenvalue weighted by Crippen LogP contribution is 2.36. The monoisotopic (exact) mass is 394 g/mol. The van der Waals surface area contributed by atoms with Crippen LogP contribution in [0.1, 0.15) is 39.6 Å². The first kappa shape index (κ1) is 18.0. The number of thiophene rings is 1. The van der Waals surface area contributed by atoms with Crippen molar-refractivity contribution >= 4 is 28.4 Å². The van der Waals surface area contributed by atoms with E-state index in [9.17, 15) is 18.0 Å². The normalized spacial score (nSPS) is 17.8. The predicted octanol–water partition coefficient (Wildman–Crippen LogP) is 4.16. The molecule has 0 aromatic carbocycles. The molecule has 142 valence electrons. The van der Waals surface area contributed by atoms with Gasteiger partial charge in [-0.25, -0.2) is 9.97 Å². The van der Waals surface area contributed by atoms with Gasteiger partial charge in [0.25, 0.3) is 5.91 Å². The van der Waals surface area contributed by atoms with Crippen LogP contribution in [0.4, 0.5) is 13.2 Å². The molecular weight excluding hydrogens is 377 g/mol. The van der Waals surface area contributed by atoms with Gasteiger partial charge >= 0.3 is 6.18 Å². The number of hydrogen-bond acceptors (Lipinski definition) is 4. The maximum atomic E-state index is 12.8. The largest absolute Gasteiger partial charge is 0.425 e. The Morgan fingerprint density at radius 3 is 2.85 bits per heavy atom. The Morgan fingerprint density at radius 1 is 1.33 bits per heavy atom. The first-order valence-corrected chi connectivity index (χ1v) is 9.47. The van der Waals surface area contributed by atoms with Gasteiger partial charge in [0.15, 0.2) is 5.65 Å². The minimum atomic E-state index is -4.42. The zero-order valence-corrected chi connectivity index (χ0v) is 15.3. The summed E-state index contributed by atoms with van der Waals surface area (Å²) < 4.78 is 40.4. The van der Waals surface area contributed by atoms with Crippen LogP contribution < -0.4 is 0 Å². The molecule has 27 heavy (non-hydrogen) atoms. The lowest BCUT2D eigenvalue weighted by Gasteiger charge is -2.16. The number of nitrogens with zero attached hydrogens (tertiary/aromatic N) is 4. The van der Waals surface area contributed by atoms with Crippen molar-refractivity contribution in [1.82, 2.24) is 19.4 Å². The second-order valence-electron chi connectivity index (χ2n) is 6.46. The lowest BCUT2D eigenvalue weighted by Crippen LogP contribution is -2.28. The zero-order valence-electron chi connectivity index (χ0n) is 14.5. The van der Waals surface area contributed by atoms with E-state index in [0.29, 0.717) is 31.0 Å². The van der Waals surface area contributed by atoms with Crippen LogP contribution in [0.2, 0.25) is 0 Å². The van der Waals surface area contributed by atoms with Gasteiger partial charge in [-0.2, -0.15) is 13.2 Å². The molecule has 1 aliphatic rings. The van der Waals surface area contributed by atoms with Gasteiger partial charge in [-0.3, -0.25) is 4.79 Å². The average Bonchev–Trinajstić information content (AvgIpc) is 3.36. The number of amides is 1. The van der Waals surface area contributed by atoms with Gasteiger partial charge in [-0.1, -0.05) is 0 Å². The molecule has 0 N–H and O–H groups in total. The van der Waals surface area contributed by atoms with E-state index in [1.165, 1.54) is 6.07 Å². The smallest absolute Gasteiger partial charge is 0.337 e. The van der Waals surface area contributed by atoms with Crippen LogP contribution in [0.15, 0.2) is 30.5 Å². The molecule has 0 bridgehead atoms. The molecule has 5 nitrogen and oxygen atoms in total. The Morgan fingerprint density at radius 2 is 2.15 bits per heavy atom. The summed E-state index contributed by atoms with van der Waals surface area (Å²) in [5.74, 6) is 0.573. The number of alkyl halides is 3. The number of fused-ring (bicyclic) bond motifs is 1. The molecule has 3 aromatic rings. The zero-order chi connectivity index (χ0) is 19.2. The molecule has 1 atom stereocenters. The maximum absolute atomic E-state index is 12.8. The molecule has 4 heterocycles. The second-order valence-corrected chi connectivity index (χ2v) is 7.54. The van der Waals surface area contributed by atoms with Crippen molar-refractivity contribution in [3.05, 3.63) is 46.0 Å². The number of likely N-dealkylation sites (tertiary alicyclic amines) is 1. The third-order valence-electron chi connectivity index (χ3n) is 4.79. The van der Waals surface area contributed by atoms with E-state index in [1.807, 2.05) is 23.6 Å². The summed E-state index contributed by atoms with van der Waals surface area (Å²) in [6.07, 6.45) is -1.97. The van der Waals surface area contributed by atoms with Crippen LogP contribution in [-0.2, 0) is 12.7 Å². The van der Waals surface area contributed by atoms with Gasteiger partial charge < -0.3 is 9.47 Å². The minimum absolute atomic E-state index is 0.0464. The van der Waals surface area contributed by atoms with Crippen molar-refractivity contribution < 1.29 is 18.0 Å². The number of aryl methyl sites for hydroxylation is 1. The van der Waals surface area contributed by atoms with Gasteiger partial charge in [0, 0.05) is 31.7 Å². The number of aromatic nitrogens is 3. The second kappa shape index (κ2) is 6.63. The van der Waals surface area contributed by atoms with Crippen LogP contribution in [-0.4, -0.2) is 38.4 Å². The summed E-state index contributed by atoms with van der Waals surface area (Å²) >= 11 is 0.496. The molecule has 1 fully saturated rings. The lowest BCUT2D eigenvalue weighted by atomic mass is 10.1. The Labute approximate surface area is 157 Å². The number of carbonyl (C=O) groups is 1. The van der Waals surface area contributed by atoms with Crippen molar-refractivity contribution in [2.75, 3.05) is 13.1 Å². The van der Waals surface area contributed by atoms with Crippen molar-refractivity contribution in [2.24, 2.45) is 0 Å². The van der Waals surface area contributed by atoms with Gasteiger partial charge in [0.05, 0.1) is 4.88 Å². The molecule has 1 amide bonds. The Hall–Kier alpha value is -2.42. The summed E-state index contributed by atoms with van der Waals surface area (Å²) in [4.78, 5) is 22.7. The van der Waals surface area contributed by atoms with E-state index >= 15 is 0 Å². The van der Waals surface area contributed by atoms with Gasteiger partial charge in [-0.15, -0.1) is 11.3 Å². The van der Waals surface area contributed by atoms with Gasteiger partial charge in [-0.05, 0) is 37.6 Å². The average molecular weight is 394 g/mol. The molecule has 0 saturated carbocycles. The molecule has 3 aromatic heterocycles. The molecule has 9 heteroatoms. The van der Waals surface area contributed by atoms with Crippen LogP contribution in [0, 0.1) is 0 Å². The van der Waals surface area contributed by atoms with Crippen molar-refractivity contribution in [1.29, 1.82) is 0 Å². The fraction of sp³-hybridized carbons (Fsp3) is 0.389. The third kappa shape index (κ3) is 3.20. The van der Waals surface area contributed by atoms with Crippen LogP contribution in [0.3, 0.4) is 0 Å². The molecule has 4 rings (SSSR count). The van der Waals surface area contributed by atoms with E-state index in [-0.39, 0.29) is 16.7 Å². The highest BCUT2D eigenvalue weighted by Gasteiger charge is 2.35. The Bertz CT molecular complexity index is 994. The quantitative estimate of drug-likeness (QED) is 0.670. The standard InChI is InChI=1S/C18H17F3N4OS/c1-2-25-15(23-12-4-3-8-22-16(12)25)11-7-9-24(10-11)17(26)13-5-6-14(27-13)18(19,20)21/h3-6,8,11H,2,7,9-10H2,1H3/t11-/m0/s1. The van der Waals surface area contributed by atoms with E-state index in [4.69, 9.17) is 0 Å². The first-order valence-electron chi connectivity index (χ1n) is 8.66. The molecule has 0 aliphatic carbocycles. The number of halogens is 3. The highest BCUT2D eigenvalue weighted by atomic mass is 32.1. The summed E-state index contributed by atoms with van der Waals surface area (Å²) in [7, 11) is 0. The van der Waals surface area contributed by atoms with Gasteiger partial charge in [0.1, 0.15) is 16.2 Å². The van der Waals surface area contributed by atoms with Crippen LogP contribution in [0.5, 0.6) is 0 Å². The van der Waals surface area contributed by atoms with E-state index in [0.717, 1.165) is 29.5 Å². The van der Waals surface area contributed by atoms with Crippen molar-refractivity contribution in [3.63, 3.8) is 0 Å². The number of rotatable bonds is 3. The third-order valence-corrected chi connectivity index (χ3v) is 5.90. The van der Waals surface area contributed by atoms with Crippen LogP contribution in [0.25, 0.3) is 11.2 Å². The maximum Gasteiger partial charge on any atom is 0.425 e. The van der Waals surface area contributed by atoms with Crippen LogP contribution >= 0.6 is 11.3 Å². The van der Waals surface area contributed by atoms with E-state index in [1.54, 1.807) is 11.1 Å². The SMILES string of the molecule is CCn1c([C@H]2CCN(C(=O)c3ccc(C(F)(F)F)s3)C2)nc2cccnc21. The minimum Gasteiger partial charge on any atom is -0.337 e. The topological polar surface area (TPSA) is 51.0 Å². The highest BCUT2D eigenvalue weighted by molar-refractivity contribution is 7.14. The molecule has 0 spiro atoms. The van der Waals surface area contributed by atoms with Gasteiger partial charge in [0.2, 0.25) is 0 Å². The molecule has 0 unspecified atom stereocenters. The Kier molecular flexibility index (Phi) is 4.41. The molecular formula is C18H17F3N4OS. The summed E-state index contributed by atoms with van der Waals surface area (Å²) in [6, 6.07) is 5.96. The molecule has 1 saturated heterocycles. The number of pyridine rings is 1. The summed E-state index contributed by atoms with van der Waals surface area (Å²) in [5.41, 5.74) is 1.63. The number of carbonyl (C=O) groups excluding carboxylic acids is 1. The number of imidazole rings is 1. The Balaban J connectivity index is 1.55. The fourth-order valence-electron chi connectivity index (χ4n) is 3.52. The summed E-state index contributed by atoms with van der Waals surface area (Å²) in [5, 5.41) is 0. The first-order chi connectivity index (χ1) is 12.9.